The van der Waals surface area contributed by atoms with Crippen LogP contribution >= 0.6 is 0 Å². The van der Waals surface area contributed by atoms with Gasteiger partial charge < -0.3 is 9.84 Å². The van der Waals surface area contributed by atoms with Crippen molar-refractivity contribution in [3.05, 3.63) is 30.4 Å². The number of hydrogen-bond acceptors (Lipinski definition) is 5. The summed E-state index contributed by atoms with van der Waals surface area (Å²) in [4.78, 5) is 8.41. The van der Waals surface area contributed by atoms with E-state index in [-0.39, 0.29) is 0 Å². The van der Waals surface area contributed by atoms with Gasteiger partial charge in [0.15, 0.2) is 5.82 Å². The van der Waals surface area contributed by atoms with Gasteiger partial charge in [-0.25, -0.2) is 0 Å². The van der Waals surface area contributed by atoms with Gasteiger partial charge in [-0.05, 0) is 44.0 Å². The fourth-order valence-electron chi connectivity index (χ4n) is 2.31. The molecular formula is C13H16N4O. The summed E-state index contributed by atoms with van der Waals surface area (Å²) in [6.07, 6.45) is 6.82. The third kappa shape index (κ3) is 2.56. The lowest BCUT2D eigenvalue weighted by Gasteiger charge is -2.20. The number of aromatic nitrogens is 3. The van der Waals surface area contributed by atoms with E-state index in [1.807, 2.05) is 12.1 Å². The van der Waals surface area contributed by atoms with Crippen LogP contribution in [0.5, 0.6) is 0 Å². The number of pyridine rings is 1. The fraction of sp³-hybridized carbons (Fsp3) is 0.462. The minimum atomic E-state index is 0.580. The van der Waals surface area contributed by atoms with E-state index in [9.17, 15) is 0 Å². The van der Waals surface area contributed by atoms with E-state index in [4.69, 9.17) is 4.52 Å². The van der Waals surface area contributed by atoms with Crippen LogP contribution < -0.4 is 5.32 Å². The van der Waals surface area contributed by atoms with E-state index >= 15 is 0 Å². The normalized spacial score (nSPS) is 19.9. The zero-order chi connectivity index (χ0) is 12.2. The summed E-state index contributed by atoms with van der Waals surface area (Å²) in [6, 6.07) is 3.75. The first-order valence-corrected chi connectivity index (χ1v) is 6.35. The molecule has 0 aliphatic carbocycles. The van der Waals surface area contributed by atoms with Crippen molar-refractivity contribution in [2.75, 3.05) is 13.1 Å². The van der Waals surface area contributed by atoms with Gasteiger partial charge in [-0.15, -0.1) is 0 Å². The Morgan fingerprint density at radius 3 is 3.00 bits per heavy atom. The number of nitrogens with one attached hydrogen (secondary N) is 1. The maximum atomic E-state index is 5.28. The summed E-state index contributed by atoms with van der Waals surface area (Å²) < 4.78 is 5.28. The predicted molar refractivity (Wildman–Crippen MR) is 66.8 cm³/mol. The van der Waals surface area contributed by atoms with E-state index < -0.39 is 0 Å². The van der Waals surface area contributed by atoms with Crippen molar-refractivity contribution in [2.45, 2.75) is 19.3 Å². The van der Waals surface area contributed by atoms with E-state index in [0.29, 0.717) is 11.8 Å². The fourth-order valence-corrected chi connectivity index (χ4v) is 2.31. The summed E-state index contributed by atoms with van der Waals surface area (Å²) in [5, 5.41) is 7.45. The van der Waals surface area contributed by atoms with E-state index in [2.05, 4.69) is 20.4 Å². The van der Waals surface area contributed by atoms with Crippen molar-refractivity contribution in [2.24, 2.45) is 5.92 Å². The molecule has 3 rings (SSSR count). The van der Waals surface area contributed by atoms with Crippen molar-refractivity contribution in [1.29, 1.82) is 0 Å². The molecule has 0 spiro atoms. The highest BCUT2D eigenvalue weighted by atomic mass is 16.5. The Bertz CT molecular complexity index is 491. The Morgan fingerprint density at radius 2 is 2.22 bits per heavy atom. The first-order valence-electron chi connectivity index (χ1n) is 6.35. The van der Waals surface area contributed by atoms with Crippen LogP contribution in [0.4, 0.5) is 0 Å². The number of hydrogen-bond donors (Lipinski definition) is 1. The van der Waals surface area contributed by atoms with Crippen LogP contribution in [-0.4, -0.2) is 28.2 Å². The monoisotopic (exact) mass is 244 g/mol. The highest BCUT2D eigenvalue weighted by Crippen LogP contribution is 2.19. The minimum Gasteiger partial charge on any atom is -0.334 e. The second kappa shape index (κ2) is 5.27. The average Bonchev–Trinajstić information content (AvgIpc) is 2.89. The Kier molecular flexibility index (Phi) is 3.32. The summed E-state index contributed by atoms with van der Waals surface area (Å²) in [5.74, 6) is 2.01. The minimum absolute atomic E-state index is 0.580. The van der Waals surface area contributed by atoms with Crippen LogP contribution in [-0.2, 0) is 6.42 Å². The molecule has 1 aliphatic heterocycles. The van der Waals surface area contributed by atoms with Gasteiger partial charge in [-0.2, -0.15) is 4.98 Å². The molecule has 5 nitrogen and oxygen atoms in total. The molecule has 0 unspecified atom stereocenters. The van der Waals surface area contributed by atoms with Gasteiger partial charge in [0.05, 0.1) is 0 Å². The Balaban J connectivity index is 1.69. The lowest BCUT2D eigenvalue weighted by Crippen LogP contribution is -2.31. The van der Waals surface area contributed by atoms with Crippen LogP contribution in [0.3, 0.4) is 0 Å². The lowest BCUT2D eigenvalue weighted by atomic mass is 9.96. The molecule has 1 N–H and O–H groups in total. The van der Waals surface area contributed by atoms with Gasteiger partial charge in [0.1, 0.15) is 0 Å². The molecule has 0 aromatic carbocycles. The summed E-state index contributed by atoms with van der Waals surface area (Å²) in [5.41, 5.74) is 0.922. The largest absolute Gasteiger partial charge is 0.334 e. The third-order valence-electron chi connectivity index (χ3n) is 3.27. The smallest absolute Gasteiger partial charge is 0.258 e. The van der Waals surface area contributed by atoms with E-state index in [0.717, 1.165) is 30.9 Å². The summed E-state index contributed by atoms with van der Waals surface area (Å²) >= 11 is 0. The Morgan fingerprint density at radius 1 is 1.33 bits per heavy atom. The molecule has 0 saturated carbocycles. The maximum Gasteiger partial charge on any atom is 0.258 e. The molecule has 94 valence electrons. The molecule has 1 aliphatic rings. The Hall–Kier alpha value is -1.75. The van der Waals surface area contributed by atoms with Crippen molar-refractivity contribution in [1.82, 2.24) is 20.4 Å². The van der Waals surface area contributed by atoms with Crippen LogP contribution in [0.1, 0.15) is 18.7 Å². The van der Waals surface area contributed by atoms with Crippen LogP contribution in [0.2, 0.25) is 0 Å². The second-order valence-electron chi connectivity index (χ2n) is 4.67. The second-order valence-corrected chi connectivity index (χ2v) is 4.67. The van der Waals surface area contributed by atoms with Crippen molar-refractivity contribution in [3.8, 4) is 11.5 Å². The first-order chi connectivity index (χ1) is 8.92. The molecule has 1 fully saturated rings. The van der Waals surface area contributed by atoms with Crippen LogP contribution in [0.25, 0.3) is 11.5 Å². The average molecular weight is 244 g/mol. The predicted octanol–water partition coefficient (Wildman–Crippen LogP) is 1.67. The molecule has 1 atom stereocenters. The van der Waals surface area contributed by atoms with Gasteiger partial charge in [-0.3, -0.25) is 4.98 Å². The Labute approximate surface area is 106 Å². The molecular weight excluding hydrogens is 228 g/mol. The van der Waals surface area contributed by atoms with Crippen LogP contribution in [0.15, 0.2) is 29.0 Å². The zero-order valence-corrected chi connectivity index (χ0v) is 10.2. The maximum absolute atomic E-state index is 5.28. The highest BCUT2D eigenvalue weighted by Gasteiger charge is 2.17. The molecule has 3 heterocycles. The number of piperidine rings is 1. The summed E-state index contributed by atoms with van der Waals surface area (Å²) in [7, 11) is 0. The van der Waals surface area contributed by atoms with Crippen molar-refractivity contribution >= 4 is 0 Å². The lowest BCUT2D eigenvalue weighted by molar-refractivity contribution is 0.360. The SMILES string of the molecule is c1cc(-c2nc(C[C@H]3CCCNC3)no2)ccn1. The molecule has 18 heavy (non-hydrogen) atoms. The quantitative estimate of drug-likeness (QED) is 0.889. The van der Waals surface area contributed by atoms with Crippen molar-refractivity contribution in [3.63, 3.8) is 0 Å². The molecule has 0 amide bonds. The summed E-state index contributed by atoms with van der Waals surface area (Å²) in [6.45, 7) is 2.18. The number of nitrogens with zero attached hydrogens (tertiary/aromatic N) is 3. The van der Waals surface area contributed by atoms with Crippen LogP contribution in [0, 0.1) is 5.92 Å². The first kappa shape index (κ1) is 11.3. The van der Waals surface area contributed by atoms with E-state index in [1.54, 1.807) is 12.4 Å². The van der Waals surface area contributed by atoms with Gasteiger partial charge in [0, 0.05) is 24.4 Å². The molecule has 2 aromatic heterocycles. The number of rotatable bonds is 3. The molecule has 5 heteroatoms. The van der Waals surface area contributed by atoms with Gasteiger partial charge in [-0.1, -0.05) is 5.16 Å². The highest BCUT2D eigenvalue weighted by molar-refractivity contribution is 5.50. The standard InChI is InChI=1S/C13H16N4O/c1-2-10(9-15-5-1)8-12-16-13(18-17-12)11-3-6-14-7-4-11/h3-4,6-7,10,15H,1-2,5,8-9H2/t10-/m1/s1. The topological polar surface area (TPSA) is 63.8 Å². The molecule has 1 saturated heterocycles. The van der Waals surface area contributed by atoms with Gasteiger partial charge in [0.2, 0.25) is 0 Å². The van der Waals surface area contributed by atoms with Gasteiger partial charge >= 0.3 is 0 Å². The molecule has 2 aromatic rings. The molecule has 0 radical (unpaired) electrons. The third-order valence-corrected chi connectivity index (χ3v) is 3.27. The van der Waals surface area contributed by atoms with E-state index in [1.165, 1.54) is 12.8 Å². The zero-order valence-electron chi connectivity index (χ0n) is 10.2. The van der Waals surface area contributed by atoms with Crippen molar-refractivity contribution < 1.29 is 4.52 Å². The van der Waals surface area contributed by atoms with Gasteiger partial charge in [0.25, 0.3) is 5.89 Å². The molecule has 0 bridgehead atoms.